The van der Waals surface area contributed by atoms with Gasteiger partial charge in [0.1, 0.15) is 5.54 Å². The number of tetrazole rings is 1. The Balaban J connectivity index is 1.59. The van der Waals surface area contributed by atoms with Crippen LogP contribution in [0.5, 0.6) is 0 Å². The molecular formula is C23H22N6O4. The molecule has 168 valence electrons. The Labute approximate surface area is 189 Å². The maximum Gasteiger partial charge on any atom is 0.357 e. The second kappa shape index (κ2) is 8.65. The van der Waals surface area contributed by atoms with E-state index in [0.717, 1.165) is 5.56 Å². The average molecular weight is 446 g/mol. The van der Waals surface area contributed by atoms with Gasteiger partial charge in [0.15, 0.2) is 18.1 Å². The van der Waals surface area contributed by atoms with Gasteiger partial charge in [0.2, 0.25) is 5.91 Å². The molecule has 0 saturated heterocycles. The number of benzene rings is 2. The first-order chi connectivity index (χ1) is 15.8. The van der Waals surface area contributed by atoms with E-state index in [0.29, 0.717) is 17.2 Å². The number of esters is 1. The predicted octanol–water partition coefficient (Wildman–Crippen LogP) is 2.29. The summed E-state index contributed by atoms with van der Waals surface area (Å²) in [7, 11) is 0. The summed E-state index contributed by atoms with van der Waals surface area (Å²) in [5.41, 5.74) is 0.642. The number of aromatic nitrogens is 4. The summed E-state index contributed by atoms with van der Waals surface area (Å²) >= 11 is 0. The Hall–Kier alpha value is -4.34. The number of nitrogens with one attached hydrogen (secondary N) is 1. The highest BCUT2D eigenvalue weighted by atomic mass is 16.5. The monoisotopic (exact) mass is 446 g/mol. The van der Waals surface area contributed by atoms with Crippen molar-refractivity contribution in [2.75, 3.05) is 16.8 Å². The molecule has 10 heteroatoms. The van der Waals surface area contributed by atoms with Crippen molar-refractivity contribution >= 4 is 40.9 Å². The molecular weight excluding hydrogens is 424 g/mol. The highest BCUT2D eigenvalue weighted by molar-refractivity contribution is 6.17. The number of rotatable bonds is 5. The molecule has 0 radical (unpaired) electrons. The predicted molar refractivity (Wildman–Crippen MR) is 121 cm³/mol. The molecule has 2 amide bonds. The largest absolute Gasteiger partial charge is 0.451 e. The number of ether oxygens (including phenoxy) is 1. The lowest BCUT2D eigenvalue weighted by molar-refractivity contribution is -0.143. The number of amides is 2. The van der Waals surface area contributed by atoms with Gasteiger partial charge >= 0.3 is 5.97 Å². The lowest BCUT2D eigenvalue weighted by Gasteiger charge is -2.41. The smallest absolute Gasteiger partial charge is 0.357 e. The van der Waals surface area contributed by atoms with E-state index in [9.17, 15) is 14.4 Å². The van der Waals surface area contributed by atoms with Crippen LogP contribution in [0.15, 0.2) is 54.6 Å². The molecule has 0 spiro atoms. The summed E-state index contributed by atoms with van der Waals surface area (Å²) in [4.78, 5) is 40.1. The molecule has 33 heavy (non-hydrogen) atoms. The summed E-state index contributed by atoms with van der Waals surface area (Å²) in [5, 5.41) is 14.0. The molecule has 1 N–H and O–H groups in total. The molecule has 1 aliphatic heterocycles. The fraction of sp³-hybridized carbons (Fsp3) is 0.217. The second-order valence-electron chi connectivity index (χ2n) is 7.91. The van der Waals surface area contributed by atoms with Crippen LogP contribution < -0.4 is 10.2 Å². The van der Waals surface area contributed by atoms with Gasteiger partial charge in [-0.15, -0.1) is 5.10 Å². The van der Waals surface area contributed by atoms with Gasteiger partial charge in [-0.1, -0.05) is 42.5 Å². The van der Waals surface area contributed by atoms with E-state index in [-0.39, 0.29) is 11.6 Å². The van der Waals surface area contributed by atoms with Crippen molar-refractivity contribution in [1.29, 1.82) is 0 Å². The molecule has 1 aromatic heterocycles. The van der Waals surface area contributed by atoms with E-state index in [1.165, 1.54) is 9.58 Å². The third-order valence-electron chi connectivity index (χ3n) is 5.25. The SMILES string of the molecule is Cc1nnnn1C(=Cc1ccccc1)C(=O)OCC(=O)N1c2ccccc2NC(=O)C1(C)C. The van der Waals surface area contributed by atoms with Crippen molar-refractivity contribution in [3.63, 3.8) is 0 Å². The molecule has 10 nitrogen and oxygen atoms in total. The Kier molecular flexibility index (Phi) is 5.74. The maximum atomic E-state index is 13.2. The maximum absolute atomic E-state index is 13.2. The molecule has 0 unspecified atom stereocenters. The van der Waals surface area contributed by atoms with Gasteiger partial charge in [0.05, 0.1) is 11.4 Å². The number of carbonyl (C=O) groups excluding carboxylic acids is 3. The van der Waals surface area contributed by atoms with E-state index in [1.54, 1.807) is 51.1 Å². The molecule has 0 aliphatic carbocycles. The Morgan fingerprint density at radius 2 is 1.79 bits per heavy atom. The fourth-order valence-corrected chi connectivity index (χ4v) is 3.53. The highest BCUT2D eigenvalue weighted by Crippen LogP contribution is 2.36. The van der Waals surface area contributed by atoms with Crippen LogP contribution in [0.1, 0.15) is 25.2 Å². The molecule has 0 bridgehead atoms. The third kappa shape index (κ3) is 4.22. The number of carbonyl (C=O) groups is 3. The molecule has 0 atom stereocenters. The second-order valence-corrected chi connectivity index (χ2v) is 7.91. The minimum Gasteiger partial charge on any atom is -0.451 e. The van der Waals surface area contributed by atoms with Gasteiger partial charge in [0, 0.05) is 0 Å². The fourth-order valence-electron chi connectivity index (χ4n) is 3.53. The zero-order valence-electron chi connectivity index (χ0n) is 18.3. The van der Waals surface area contributed by atoms with Gasteiger partial charge in [-0.25, -0.2) is 4.79 Å². The minimum absolute atomic E-state index is 0.0487. The highest BCUT2D eigenvalue weighted by Gasteiger charge is 2.43. The number of anilines is 2. The van der Waals surface area contributed by atoms with Gasteiger partial charge in [-0.2, -0.15) is 4.68 Å². The number of nitrogens with zero attached hydrogens (tertiary/aromatic N) is 5. The Morgan fingerprint density at radius 1 is 1.09 bits per heavy atom. The summed E-state index contributed by atoms with van der Waals surface area (Å²) in [6, 6.07) is 16.1. The van der Waals surface area contributed by atoms with Crippen LogP contribution >= 0.6 is 0 Å². The molecule has 3 aromatic rings. The number of hydrogen-bond acceptors (Lipinski definition) is 7. The number of para-hydroxylation sites is 2. The zero-order valence-corrected chi connectivity index (χ0v) is 18.3. The zero-order chi connectivity index (χ0) is 23.6. The summed E-state index contributed by atoms with van der Waals surface area (Å²) in [6.07, 6.45) is 1.57. The normalized spacial score (nSPS) is 14.9. The van der Waals surface area contributed by atoms with E-state index in [1.807, 2.05) is 30.3 Å². The topological polar surface area (TPSA) is 119 Å². The van der Waals surface area contributed by atoms with Crippen molar-refractivity contribution in [1.82, 2.24) is 20.2 Å². The van der Waals surface area contributed by atoms with E-state index in [2.05, 4.69) is 20.8 Å². The van der Waals surface area contributed by atoms with Crippen LogP contribution in [-0.4, -0.2) is 50.1 Å². The number of hydrogen-bond donors (Lipinski definition) is 1. The van der Waals surface area contributed by atoms with Crippen molar-refractivity contribution in [2.45, 2.75) is 26.3 Å². The standard InChI is InChI=1S/C23H22N6O4/c1-15-25-26-27-29(15)19(13-16-9-5-4-6-10-16)21(31)33-14-20(30)28-18-12-8-7-11-17(18)24-22(32)23(28,2)3/h4-13H,14H2,1-3H3,(H,24,32). The van der Waals surface area contributed by atoms with Crippen LogP contribution in [0.2, 0.25) is 0 Å². The number of aryl methyl sites for hydroxylation is 1. The quantitative estimate of drug-likeness (QED) is 0.472. The van der Waals surface area contributed by atoms with Gasteiger partial charge < -0.3 is 10.1 Å². The molecule has 0 saturated carbocycles. The van der Waals surface area contributed by atoms with Gasteiger partial charge in [0.25, 0.3) is 5.91 Å². The van der Waals surface area contributed by atoms with E-state index in [4.69, 9.17) is 4.74 Å². The van der Waals surface area contributed by atoms with Crippen LogP contribution in [0.3, 0.4) is 0 Å². The first-order valence-corrected chi connectivity index (χ1v) is 10.2. The van der Waals surface area contributed by atoms with Crippen molar-refractivity contribution in [2.24, 2.45) is 0 Å². The summed E-state index contributed by atoms with van der Waals surface area (Å²) in [5.74, 6) is -1.28. The molecule has 2 heterocycles. The molecule has 0 fully saturated rings. The van der Waals surface area contributed by atoms with Crippen molar-refractivity contribution < 1.29 is 19.1 Å². The van der Waals surface area contributed by atoms with Gasteiger partial charge in [-0.3, -0.25) is 14.5 Å². The van der Waals surface area contributed by atoms with Crippen LogP contribution in [0, 0.1) is 6.92 Å². The van der Waals surface area contributed by atoms with Crippen molar-refractivity contribution in [3.05, 3.63) is 66.0 Å². The Bertz CT molecular complexity index is 1250. The first-order valence-electron chi connectivity index (χ1n) is 10.2. The number of fused-ring (bicyclic) bond motifs is 1. The third-order valence-corrected chi connectivity index (χ3v) is 5.25. The molecule has 2 aromatic carbocycles. The average Bonchev–Trinajstić information content (AvgIpc) is 3.22. The molecule has 1 aliphatic rings. The van der Waals surface area contributed by atoms with Crippen LogP contribution in [0.4, 0.5) is 11.4 Å². The lowest BCUT2D eigenvalue weighted by atomic mass is 9.96. The van der Waals surface area contributed by atoms with Crippen LogP contribution in [0.25, 0.3) is 11.8 Å². The summed E-state index contributed by atoms with van der Waals surface area (Å²) in [6.45, 7) is 4.33. The first kappa shape index (κ1) is 21.9. The van der Waals surface area contributed by atoms with Crippen LogP contribution in [-0.2, 0) is 19.1 Å². The Morgan fingerprint density at radius 3 is 2.48 bits per heavy atom. The minimum atomic E-state index is -1.17. The van der Waals surface area contributed by atoms with Crippen molar-refractivity contribution in [3.8, 4) is 0 Å². The van der Waals surface area contributed by atoms with Gasteiger partial charge in [-0.05, 0) is 55.0 Å². The molecule has 4 rings (SSSR count). The van der Waals surface area contributed by atoms with E-state index < -0.39 is 24.0 Å². The summed E-state index contributed by atoms with van der Waals surface area (Å²) < 4.78 is 6.61. The lowest BCUT2D eigenvalue weighted by Crippen LogP contribution is -2.59. The van der Waals surface area contributed by atoms with E-state index >= 15 is 0 Å².